The van der Waals surface area contributed by atoms with Crippen LogP contribution in [0.25, 0.3) is 0 Å². The zero-order valence-electron chi connectivity index (χ0n) is 38.0. The van der Waals surface area contributed by atoms with Gasteiger partial charge in [-0.05, 0) is 104 Å². The summed E-state index contributed by atoms with van der Waals surface area (Å²) in [6, 6.07) is 29.0. The molecule has 5 aromatic rings. The van der Waals surface area contributed by atoms with E-state index in [1.165, 1.54) is 135 Å². The number of ketones is 4. The number of Topliss-reactive ketones (excluding diaryl/α,β-unsaturated/α-hetero) is 4. The zero-order chi connectivity index (χ0) is 48.4. The second-order valence-corrected chi connectivity index (χ2v) is 17.9. The maximum absolute atomic E-state index is 14.5. The molecule has 340 valence electrons. The van der Waals surface area contributed by atoms with Gasteiger partial charge in [-0.3, -0.25) is 24.5 Å². The van der Waals surface area contributed by atoms with Crippen LogP contribution < -0.4 is 9.80 Å². The Bertz CT molecular complexity index is 2470. The first-order valence-corrected chi connectivity index (χ1v) is 20.7. The highest BCUT2D eigenvalue weighted by atomic mass is 16.6. The summed E-state index contributed by atoms with van der Waals surface area (Å²) in [5.41, 5.74) is -3.53. The van der Waals surface area contributed by atoms with Crippen molar-refractivity contribution in [1.82, 2.24) is 4.48 Å². The van der Waals surface area contributed by atoms with Crippen LogP contribution in [0.2, 0.25) is 0 Å². The van der Waals surface area contributed by atoms with Crippen LogP contribution >= 0.6 is 0 Å². The largest absolute Gasteiger partial charge is 0.531 e. The molecule has 0 spiro atoms. The standard InChI is InChI=1S/C51H54N2O12/c1-30-11-24-37(52-46(58)65-41(31-12-16-33(17-13-31)42(54)48(2,3)60)32-14-18-34(19-15-32)43(55)49(4,5)61)29-40(30)53(47(59)64-10,38-25-20-35(21-26-38)44(56)50(6,7)62)39-27-22-36(23-28-39)45(57)51(8,9)63/h11-29,41,60-63H,1-10H3/p+1. The lowest BCUT2D eigenvalue weighted by Crippen LogP contribution is -2.45. The van der Waals surface area contributed by atoms with Gasteiger partial charge in [-0.25, -0.2) is 4.79 Å². The molecule has 5 aromatic carbocycles. The lowest BCUT2D eigenvalue weighted by Gasteiger charge is -2.34. The molecule has 0 heterocycles. The quantitative estimate of drug-likeness (QED) is 0.0493. The third-order valence-corrected chi connectivity index (χ3v) is 10.7. The third-order valence-electron chi connectivity index (χ3n) is 10.7. The molecule has 65 heavy (non-hydrogen) atoms. The molecule has 2 amide bonds. The van der Waals surface area contributed by atoms with Gasteiger partial charge in [-0.2, -0.15) is 4.79 Å². The Kier molecular flexibility index (Phi) is 14.0. The van der Waals surface area contributed by atoms with Gasteiger partial charge in [-0.1, -0.05) is 54.6 Å². The minimum Gasteiger partial charge on any atom is -0.436 e. The average Bonchev–Trinajstić information content (AvgIpc) is 3.25. The second kappa shape index (κ2) is 18.4. The Morgan fingerprint density at radius 3 is 1.14 bits per heavy atom. The van der Waals surface area contributed by atoms with E-state index in [1.807, 2.05) is 0 Å². The summed E-state index contributed by atoms with van der Waals surface area (Å²) in [4.78, 5) is 80.3. The first kappa shape index (κ1) is 49.3. The molecule has 0 bridgehead atoms. The number of carbonyl (C=O) groups is 6. The molecule has 0 radical (unpaired) electrons. The van der Waals surface area contributed by atoms with Crippen molar-refractivity contribution in [2.24, 2.45) is 0 Å². The van der Waals surface area contributed by atoms with Crippen molar-refractivity contribution < 1.29 is 58.7 Å². The molecule has 5 rings (SSSR count). The second-order valence-electron chi connectivity index (χ2n) is 17.9. The van der Waals surface area contributed by atoms with Crippen LogP contribution in [0, 0.1) is 6.92 Å². The number of aryl methyl sites for hydroxylation is 1. The maximum atomic E-state index is 14.5. The van der Waals surface area contributed by atoms with Gasteiger partial charge in [0.25, 0.3) is 0 Å². The molecule has 0 saturated carbocycles. The molecule has 5 N–H and O–H groups in total. The van der Waals surface area contributed by atoms with Crippen molar-refractivity contribution in [3.05, 3.63) is 154 Å². The summed E-state index contributed by atoms with van der Waals surface area (Å²) in [5.74, 6) is -2.18. The summed E-state index contributed by atoms with van der Waals surface area (Å²) in [7, 11) is 1.20. The molecule has 14 nitrogen and oxygen atoms in total. The topological polar surface area (TPSA) is 214 Å². The van der Waals surface area contributed by atoms with Gasteiger partial charge in [0.1, 0.15) is 22.4 Å². The molecular weight excluding hydrogens is 833 g/mol. The van der Waals surface area contributed by atoms with Gasteiger partial charge in [0.2, 0.25) is 0 Å². The SMILES string of the molecule is COC(=O)[N+](c1ccc(C(=O)C(C)(C)O)cc1)(c1ccc(C(=O)C(C)(C)O)cc1)c1cc(NC(=O)OC(c2ccc(C(=O)C(C)(C)O)cc2)c2ccc(C(=O)C(C)(C)O)cc2)ccc1C. The van der Waals surface area contributed by atoms with E-state index in [2.05, 4.69) is 5.32 Å². The summed E-state index contributed by atoms with van der Waals surface area (Å²) in [5, 5.41) is 44.3. The fourth-order valence-electron chi connectivity index (χ4n) is 7.21. The van der Waals surface area contributed by atoms with Crippen LogP contribution in [-0.2, 0) is 9.47 Å². The number of methoxy groups -OCH3 is 1. The van der Waals surface area contributed by atoms with E-state index in [-0.39, 0.29) is 45.0 Å². The first-order chi connectivity index (χ1) is 30.1. The van der Waals surface area contributed by atoms with Crippen LogP contribution in [0.1, 0.15) is 120 Å². The lowest BCUT2D eigenvalue weighted by atomic mass is 9.92. The van der Waals surface area contributed by atoms with E-state index in [4.69, 9.17) is 9.47 Å². The normalized spacial score (nSPS) is 12.4. The zero-order valence-corrected chi connectivity index (χ0v) is 38.0. The molecule has 0 unspecified atom stereocenters. The number of ether oxygens (including phenoxy) is 2. The maximum Gasteiger partial charge on any atom is 0.531 e. The summed E-state index contributed by atoms with van der Waals surface area (Å²) < 4.78 is 10.8. The summed E-state index contributed by atoms with van der Waals surface area (Å²) >= 11 is 0. The van der Waals surface area contributed by atoms with Gasteiger partial charge in [-0.15, -0.1) is 4.48 Å². The fraction of sp³-hybridized carbons (Fsp3) is 0.294. The van der Waals surface area contributed by atoms with E-state index in [0.717, 1.165) is 0 Å². The van der Waals surface area contributed by atoms with Crippen molar-refractivity contribution >= 4 is 58.1 Å². The Balaban J connectivity index is 1.62. The number of aliphatic hydroxyl groups is 4. The minimum absolute atomic E-state index is 0.164. The predicted octanol–water partition coefficient (Wildman–Crippen LogP) is 8.88. The van der Waals surface area contributed by atoms with Crippen LogP contribution in [0.15, 0.2) is 115 Å². The van der Waals surface area contributed by atoms with Crippen molar-refractivity contribution in [2.45, 2.75) is 90.8 Å². The van der Waals surface area contributed by atoms with E-state index < -0.39 is 68.3 Å². The van der Waals surface area contributed by atoms with Crippen LogP contribution in [-0.4, -0.2) is 85.3 Å². The predicted molar refractivity (Wildman–Crippen MR) is 245 cm³/mol. The number of anilines is 1. The highest BCUT2D eigenvalue weighted by Gasteiger charge is 2.48. The number of nitrogens with one attached hydrogen (secondary N) is 1. The highest BCUT2D eigenvalue weighted by Crippen LogP contribution is 2.47. The molecule has 0 aliphatic rings. The average molecular weight is 888 g/mol. The van der Waals surface area contributed by atoms with Crippen LogP contribution in [0.3, 0.4) is 0 Å². The Morgan fingerprint density at radius 2 is 0.831 bits per heavy atom. The molecule has 0 aliphatic heterocycles. The van der Waals surface area contributed by atoms with Crippen molar-refractivity contribution in [2.75, 3.05) is 12.4 Å². The van der Waals surface area contributed by atoms with Gasteiger partial charge in [0, 0.05) is 63.8 Å². The van der Waals surface area contributed by atoms with E-state index >= 15 is 0 Å². The molecule has 0 aromatic heterocycles. The lowest BCUT2D eigenvalue weighted by molar-refractivity contribution is 0.0487. The number of quaternary nitrogens is 1. The Hall–Kier alpha value is -6.68. The van der Waals surface area contributed by atoms with Crippen molar-refractivity contribution in [3.8, 4) is 0 Å². The Labute approximate surface area is 377 Å². The smallest absolute Gasteiger partial charge is 0.436 e. The summed E-state index contributed by atoms with van der Waals surface area (Å²) in [6.07, 6.45) is -2.88. The number of hydrogen-bond donors (Lipinski definition) is 5. The monoisotopic (exact) mass is 887 g/mol. The first-order valence-electron chi connectivity index (χ1n) is 20.7. The highest BCUT2D eigenvalue weighted by molar-refractivity contribution is 6.05. The number of hydrogen-bond acceptors (Lipinski definition) is 12. The van der Waals surface area contributed by atoms with Gasteiger partial charge >= 0.3 is 12.2 Å². The molecule has 0 saturated heterocycles. The van der Waals surface area contributed by atoms with E-state index in [0.29, 0.717) is 16.7 Å². The van der Waals surface area contributed by atoms with Crippen molar-refractivity contribution in [3.63, 3.8) is 0 Å². The minimum atomic E-state index is -1.69. The molecular formula is C51H55N2O12+. The molecule has 0 fully saturated rings. The third kappa shape index (κ3) is 10.7. The number of benzene rings is 5. The van der Waals surface area contributed by atoms with Crippen LogP contribution in [0.4, 0.5) is 32.3 Å². The van der Waals surface area contributed by atoms with Crippen molar-refractivity contribution in [1.29, 1.82) is 0 Å². The van der Waals surface area contributed by atoms with Crippen LogP contribution in [0.5, 0.6) is 0 Å². The van der Waals surface area contributed by atoms with E-state index in [1.54, 1.807) is 49.4 Å². The molecule has 0 atom stereocenters. The Morgan fingerprint density at radius 1 is 0.508 bits per heavy atom. The number of rotatable bonds is 15. The van der Waals surface area contributed by atoms with Gasteiger partial charge in [0.15, 0.2) is 46.3 Å². The molecule has 0 aliphatic carbocycles. The number of carbonyl (C=O) groups excluding carboxylic acids is 6. The number of nitrogens with zero attached hydrogens (tertiary/aromatic N) is 1. The molecule has 14 heteroatoms. The van der Waals surface area contributed by atoms with Gasteiger partial charge < -0.3 is 29.9 Å². The van der Waals surface area contributed by atoms with E-state index in [9.17, 15) is 49.2 Å². The van der Waals surface area contributed by atoms with Gasteiger partial charge in [0.05, 0.1) is 7.11 Å². The fourth-order valence-corrected chi connectivity index (χ4v) is 7.21. The number of amides is 2. The summed E-state index contributed by atoms with van der Waals surface area (Å²) in [6.45, 7) is 12.7.